The van der Waals surface area contributed by atoms with E-state index in [1.165, 1.54) is 0 Å². The summed E-state index contributed by atoms with van der Waals surface area (Å²) in [4.78, 5) is 23.1. The van der Waals surface area contributed by atoms with Crippen LogP contribution in [0.5, 0.6) is 0 Å². The molecule has 1 atom stereocenters. The Morgan fingerprint density at radius 1 is 1.55 bits per heavy atom. The number of hydrogen-bond acceptors (Lipinski definition) is 5. The van der Waals surface area contributed by atoms with Crippen molar-refractivity contribution in [1.82, 2.24) is 25.6 Å². The van der Waals surface area contributed by atoms with Crippen LogP contribution in [0.3, 0.4) is 0 Å². The molecule has 2 heterocycles. The molecule has 1 amide bonds. The molecule has 1 saturated heterocycles. The Balaban J connectivity index is 1.98. The first-order chi connectivity index (χ1) is 9.47. The zero-order valence-corrected chi connectivity index (χ0v) is 11.5. The van der Waals surface area contributed by atoms with E-state index in [0.717, 1.165) is 13.1 Å². The SMILES string of the molecule is CC(C)C[C@@H](NC(=O)c1cn(C2CNC2)nn1)C(=O)O. The number of aliphatic carboxylic acids is 1. The monoisotopic (exact) mass is 281 g/mol. The predicted octanol–water partition coefficient (Wildman–Crippen LogP) is -0.348. The lowest BCUT2D eigenvalue weighted by Crippen LogP contribution is -2.43. The van der Waals surface area contributed by atoms with Crippen LogP contribution in [-0.4, -0.2) is 51.1 Å². The van der Waals surface area contributed by atoms with Crippen molar-refractivity contribution in [1.29, 1.82) is 0 Å². The molecule has 1 aliphatic heterocycles. The highest BCUT2D eigenvalue weighted by Crippen LogP contribution is 2.10. The third-order valence-electron chi connectivity index (χ3n) is 3.19. The van der Waals surface area contributed by atoms with E-state index in [1.807, 2.05) is 13.8 Å². The van der Waals surface area contributed by atoms with Crippen molar-refractivity contribution in [3.63, 3.8) is 0 Å². The largest absolute Gasteiger partial charge is 0.480 e. The minimum Gasteiger partial charge on any atom is -0.480 e. The van der Waals surface area contributed by atoms with Crippen molar-refractivity contribution in [2.24, 2.45) is 5.92 Å². The highest BCUT2D eigenvalue weighted by molar-refractivity contribution is 5.94. The van der Waals surface area contributed by atoms with E-state index in [1.54, 1.807) is 10.9 Å². The molecule has 110 valence electrons. The number of hydrogen-bond donors (Lipinski definition) is 3. The molecule has 0 unspecified atom stereocenters. The molecule has 0 aromatic carbocycles. The molecule has 0 radical (unpaired) electrons. The van der Waals surface area contributed by atoms with E-state index in [9.17, 15) is 9.59 Å². The van der Waals surface area contributed by atoms with Crippen molar-refractivity contribution in [3.8, 4) is 0 Å². The zero-order valence-electron chi connectivity index (χ0n) is 11.5. The first-order valence-corrected chi connectivity index (χ1v) is 6.63. The van der Waals surface area contributed by atoms with Crippen molar-refractivity contribution in [2.75, 3.05) is 13.1 Å². The smallest absolute Gasteiger partial charge is 0.326 e. The molecule has 0 aliphatic carbocycles. The number of rotatable bonds is 6. The molecule has 8 nitrogen and oxygen atoms in total. The van der Waals surface area contributed by atoms with E-state index >= 15 is 0 Å². The molecule has 1 fully saturated rings. The van der Waals surface area contributed by atoms with Gasteiger partial charge in [-0.15, -0.1) is 5.10 Å². The van der Waals surface area contributed by atoms with Gasteiger partial charge in [-0.25, -0.2) is 9.48 Å². The highest BCUT2D eigenvalue weighted by Gasteiger charge is 2.25. The summed E-state index contributed by atoms with van der Waals surface area (Å²) < 4.78 is 1.63. The number of nitrogens with zero attached hydrogens (tertiary/aromatic N) is 3. The van der Waals surface area contributed by atoms with Crippen LogP contribution in [0.25, 0.3) is 0 Å². The second-order valence-corrected chi connectivity index (χ2v) is 5.39. The molecule has 2 rings (SSSR count). The molecule has 1 aromatic rings. The van der Waals surface area contributed by atoms with Gasteiger partial charge in [0.05, 0.1) is 12.2 Å². The summed E-state index contributed by atoms with van der Waals surface area (Å²) in [6, 6.07) is -0.687. The predicted molar refractivity (Wildman–Crippen MR) is 70.3 cm³/mol. The number of nitrogens with one attached hydrogen (secondary N) is 2. The highest BCUT2D eigenvalue weighted by atomic mass is 16.4. The van der Waals surface area contributed by atoms with Crippen molar-refractivity contribution in [2.45, 2.75) is 32.4 Å². The molecular formula is C12H19N5O3. The van der Waals surface area contributed by atoms with Gasteiger partial charge in [0.25, 0.3) is 5.91 Å². The van der Waals surface area contributed by atoms with Crippen LogP contribution in [-0.2, 0) is 4.79 Å². The number of carboxylic acid groups (broad SMARTS) is 1. The van der Waals surface area contributed by atoms with Gasteiger partial charge in [0.1, 0.15) is 6.04 Å². The molecule has 1 aromatic heterocycles. The average Bonchev–Trinajstić information content (AvgIpc) is 2.74. The fourth-order valence-corrected chi connectivity index (χ4v) is 1.94. The van der Waals surface area contributed by atoms with E-state index in [4.69, 9.17) is 5.11 Å². The van der Waals surface area contributed by atoms with Gasteiger partial charge < -0.3 is 15.7 Å². The zero-order chi connectivity index (χ0) is 14.7. The van der Waals surface area contributed by atoms with Gasteiger partial charge in [-0.05, 0) is 12.3 Å². The maximum absolute atomic E-state index is 12.0. The van der Waals surface area contributed by atoms with Crippen LogP contribution in [0.1, 0.15) is 36.8 Å². The average molecular weight is 281 g/mol. The van der Waals surface area contributed by atoms with E-state index in [2.05, 4.69) is 20.9 Å². The Bertz CT molecular complexity index is 495. The van der Waals surface area contributed by atoms with Crippen LogP contribution in [0.4, 0.5) is 0 Å². The lowest BCUT2D eigenvalue weighted by molar-refractivity contribution is -0.139. The molecular weight excluding hydrogens is 262 g/mol. The summed E-state index contributed by atoms with van der Waals surface area (Å²) in [5, 5.41) is 22.4. The topological polar surface area (TPSA) is 109 Å². The van der Waals surface area contributed by atoms with Crippen LogP contribution >= 0.6 is 0 Å². The second kappa shape index (κ2) is 6.00. The van der Waals surface area contributed by atoms with Gasteiger partial charge in [0, 0.05) is 13.1 Å². The Morgan fingerprint density at radius 2 is 2.25 bits per heavy atom. The molecule has 1 aliphatic rings. The van der Waals surface area contributed by atoms with E-state index in [0.29, 0.717) is 6.42 Å². The minimum absolute atomic E-state index is 0.145. The first kappa shape index (κ1) is 14.4. The standard InChI is InChI=1S/C12H19N5O3/c1-7(2)3-9(12(19)20)14-11(18)10-6-17(16-15-10)8-4-13-5-8/h6-9,13H,3-5H2,1-2H3,(H,14,18)(H,19,20)/t9-/m1/s1. The molecule has 8 heteroatoms. The maximum atomic E-state index is 12.0. The van der Waals surface area contributed by atoms with Crippen LogP contribution in [0, 0.1) is 5.92 Å². The second-order valence-electron chi connectivity index (χ2n) is 5.39. The van der Waals surface area contributed by atoms with Gasteiger partial charge in [0.15, 0.2) is 5.69 Å². The van der Waals surface area contributed by atoms with Crippen molar-refractivity contribution >= 4 is 11.9 Å². The van der Waals surface area contributed by atoms with Gasteiger partial charge in [-0.3, -0.25) is 4.79 Å². The third-order valence-corrected chi connectivity index (χ3v) is 3.19. The van der Waals surface area contributed by atoms with Gasteiger partial charge in [-0.1, -0.05) is 19.1 Å². The number of carbonyl (C=O) groups is 2. The molecule has 0 spiro atoms. The summed E-state index contributed by atoms with van der Waals surface area (Å²) in [5.74, 6) is -1.37. The summed E-state index contributed by atoms with van der Waals surface area (Å²) in [5.41, 5.74) is 0.145. The fraction of sp³-hybridized carbons (Fsp3) is 0.667. The van der Waals surface area contributed by atoms with Crippen LogP contribution in [0.2, 0.25) is 0 Å². The van der Waals surface area contributed by atoms with E-state index < -0.39 is 17.9 Å². The van der Waals surface area contributed by atoms with Gasteiger partial charge in [-0.2, -0.15) is 0 Å². The molecule has 0 saturated carbocycles. The number of carboxylic acids is 1. The normalized spacial score (nSPS) is 16.8. The fourth-order valence-electron chi connectivity index (χ4n) is 1.94. The van der Waals surface area contributed by atoms with Gasteiger partial charge >= 0.3 is 5.97 Å². The Labute approximate surface area is 116 Å². The summed E-state index contributed by atoms with van der Waals surface area (Å²) in [6.45, 7) is 5.41. The molecule has 3 N–H and O–H groups in total. The molecule has 20 heavy (non-hydrogen) atoms. The molecule has 0 bridgehead atoms. The first-order valence-electron chi connectivity index (χ1n) is 6.63. The summed E-state index contributed by atoms with van der Waals surface area (Å²) in [7, 11) is 0. The van der Waals surface area contributed by atoms with Crippen molar-refractivity contribution < 1.29 is 14.7 Å². The van der Waals surface area contributed by atoms with Crippen molar-refractivity contribution in [3.05, 3.63) is 11.9 Å². The Kier molecular flexibility index (Phi) is 4.33. The third kappa shape index (κ3) is 3.32. The summed E-state index contributed by atoms with van der Waals surface area (Å²) in [6.07, 6.45) is 1.93. The van der Waals surface area contributed by atoms with E-state index in [-0.39, 0.29) is 17.7 Å². The Morgan fingerprint density at radius 3 is 2.75 bits per heavy atom. The number of aromatic nitrogens is 3. The number of carbonyl (C=O) groups excluding carboxylic acids is 1. The minimum atomic E-state index is -1.04. The maximum Gasteiger partial charge on any atom is 0.326 e. The lowest BCUT2D eigenvalue weighted by atomic mass is 10.0. The quantitative estimate of drug-likeness (QED) is 0.657. The van der Waals surface area contributed by atoms with Crippen LogP contribution < -0.4 is 10.6 Å². The number of amides is 1. The van der Waals surface area contributed by atoms with Crippen LogP contribution in [0.15, 0.2) is 6.20 Å². The Hall–Kier alpha value is -1.96. The lowest BCUT2D eigenvalue weighted by Gasteiger charge is -2.26. The van der Waals surface area contributed by atoms with Gasteiger partial charge in [0.2, 0.25) is 0 Å². The summed E-state index contributed by atoms with van der Waals surface area (Å²) >= 11 is 0.